The van der Waals surface area contributed by atoms with E-state index >= 15 is 0 Å². The minimum atomic E-state index is 0.694. The molecule has 0 fully saturated rings. The van der Waals surface area contributed by atoms with E-state index in [1.807, 2.05) is 0 Å². The van der Waals surface area contributed by atoms with E-state index in [0.29, 0.717) is 5.92 Å². The summed E-state index contributed by atoms with van der Waals surface area (Å²) in [7, 11) is 0. The Kier molecular flexibility index (Phi) is 5.82. The highest BCUT2D eigenvalue weighted by molar-refractivity contribution is 9.11. The van der Waals surface area contributed by atoms with Gasteiger partial charge >= 0.3 is 0 Å². The van der Waals surface area contributed by atoms with Gasteiger partial charge in [-0.05, 0) is 34.0 Å². The average Bonchev–Trinajstić information content (AvgIpc) is 2.50. The standard InChI is InChI=1S/C11H19BrN2S/c1-9(2)7-14(6-5-13)8-10-3-4-11(12)15-10/h3-4,9H,5-8,13H2,1-2H3. The fourth-order valence-corrected chi connectivity index (χ4v) is 3.12. The molecule has 0 radical (unpaired) electrons. The molecule has 0 aromatic carbocycles. The number of thiophene rings is 1. The van der Waals surface area contributed by atoms with Crippen molar-refractivity contribution in [2.75, 3.05) is 19.6 Å². The first kappa shape index (κ1) is 13.2. The van der Waals surface area contributed by atoms with Crippen LogP contribution in [0.15, 0.2) is 15.9 Å². The lowest BCUT2D eigenvalue weighted by atomic mass is 10.2. The Morgan fingerprint density at radius 3 is 2.67 bits per heavy atom. The first-order chi connectivity index (χ1) is 7.11. The molecule has 1 rings (SSSR count). The van der Waals surface area contributed by atoms with Crippen molar-refractivity contribution >= 4 is 27.3 Å². The van der Waals surface area contributed by atoms with Crippen LogP contribution in [0.4, 0.5) is 0 Å². The third-order valence-electron chi connectivity index (χ3n) is 2.08. The van der Waals surface area contributed by atoms with Crippen molar-refractivity contribution in [1.29, 1.82) is 0 Å². The Morgan fingerprint density at radius 1 is 1.47 bits per heavy atom. The molecule has 0 aliphatic heterocycles. The van der Waals surface area contributed by atoms with Gasteiger partial charge in [0.2, 0.25) is 0 Å². The van der Waals surface area contributed by atoms with Gasteiger partial charge in [0.15, 0.2) is 0 Å². The van der Waals surface area contributed by atoms with Crippen LogP contribution in [0.5, 0.6) is 0 Å². The summed E-state index contributed by atoms with van der Waals surface area (Å²) in [5.41, 5.74) is 5.62. The molecule has 0 amide bonds. The molecule has 0 saturated heterocycles. The molecule has 0 spiro atoms. The third kappa shape index (κ3) is 5.11. The Hall–Kier alpha value is 0.1000. The molecule has 15 heavy (non-hydrogen) atoms. The van der Waals surface area contributed by atoms with Gasteiger partial charge in [-0.3, -0.25) is 4.90 Å². The van der Waals surface area contributed by atoms with E-state index in [4.69, 9.17) is 5.73 Å². The summed E-state index contributed by atoms with van der Waals surface area (Å²) in [4.78, 5) is 3.82. The second-order valence-electron chi connectivity index (χ2n) is 4.12. The predicted molar refractivity (Wildman–Crippen MR) is 71.2 cm³/mol. The van der Waals surface area contributed by atoms with Crippen LogP contribution in [0.1, 0.15) is 18.7 Å². The highest BCUT2D eigenvalue weighted by Crippen LogP contribution is 2.23. The second kappa shape index (κ2) is 6.63. The van der Waals surface area contributed by atoms with Crippen molar-refractivity contribution in [2.24, 2.45) is 11.7 Å². The van der Waals surface area contributed by atoms with Crippen molar-refractivity contribution in [3.63, 3.8) is 0 Å². The van der Waals surface area contributed by atoms with Crippen molar-refractivity contribution in [1.82, 2.24) is 4.90 Å². The van der Waals surface area contributed by atoms with Crippen molar-refractivity contribution < 1.29 is 0 Å². The van der Waals surface area contributed by atoms with Gasteiger partial charge in [0.05, 0.1) is 3.79 Å². The Labute approximate surface area is 105 Å². The number of nitrogens with two attached hydrogens (primary N) is 1. The van der Waals surface area contributed by atoms with Gasteiger partial charge in [-0.2, -0.15) is 0 Å². The van der Waals surface area contributed by atoms with Gasteiger partial charge in [-0.1, -0.05) is 13.8 Å². The molecule has 1 heterocycles. The molecule has 4 heteroatoms. The lowest BCUT2D eigenvalue weighted by Crippen LogP contribution is -2.31. The van der Waals surface area contributed by atoms with Crippen molar-refractivity contribution in [3.05, 3.63) is 20.8 Å². The van der Waals surface area contributed by atoms with Crippen LogP contribution >= 0.6 is 27.3 Å². The molecule has 2 nitrogen and oxygen atoms in total. The monoisotopic (exact) mass is 290 g/mol. The van der Waals surface area contributed by atoms with E-state index in [1.54, 1.807) is 11.3 Å². The molecule has 1 aromatic rings. The number of hydrogen-bond acceptors (Lipinski definition) is 3. The lowest BCUT2D eigenvalue weighted by Gasteiger charge is -2.22. The zero-order chi connectivity index (χ0) is 11.3. The molecule has 0 atom stereocenters. The minimum Gasteiger partial charge on any atom is -0.329 e. The molecule has 0 aliphatic carbocycles. The molecule has 0 saturated carbocycles. The summed E-state index contributed by atoms with van der Waals surface area (Å²) in [6.45, 7) is 8.34. The summed E-state index contributed by atoms with van der Waals surface area (Å²) < 4.78 is 1.20. The highest BCUT2D eigenvalue weighted by atomic mass is 79.9. The predicted octanol–water partition coefficient (Wildman–Crippen LogP) is 2.93. The maximum Gasteiger partial charge on any atom is 0.0701 e. The van der Waals surface area contributed by atoms with E-state index in [2.05, 4.69) is 46.8 Å². The molecule has 86 valence electrons. The summed E-state index contributed by atoms with van der Waals surface area (Å²) in [6, 6.07) is 4.29. The van der Waals surface area contributed by atoms with Gasteiger partial charge in [0.1, 0.15) is 0 Å². The minimum absolute atomic E-state index is 0.694. The molecule has 1 aromatic heterocycles. The van der Waals surface area contributed by atoms with Crippen LogP contribution in [0.2, 0.25) is 0 Å². The molecular weight excluding hydrogens is 272 g/mol. The van der Waals surface area contributed by atoms with Gasteiger partial charge < -0.3 is 5.73 Å². The molecular formula is C11H19BrN2S. The molecule has 2 N–H and O–H groups in total. The number of hydrogen-bond donors (Lipinski definition) is 1. The first-order valence-corrected chi connectivity index (χ1v) is 6.89. The lowest BCUT2D eigenvalue weighted by molar-refractivity contribution is 0.244. The van der Waals surface area contributed by atoms with E-state index in [9.17, 15) is 0 Å². The summed E-state index contributed by atoms with van der Waals surface area (Å²) in [6.07, 6.45) is 0. The zero-order valence-electron chi connectivity index (χ0n) is 9.37. The Morgan fingerprint density at radius 2 is 2.20 bits per heavy atom. The van der Waals surface area contributed by atoms with Gasteiger partial charge in [-0.25, -0.2) is 0 Å². The van der Waals surface area contributed by atoms with Crippen molar-refractivity contribution in [2.45, 2.75) is 20.4 Å². The summed E-state index contributed by atoms with van der Waals surface area (Å²) >= 11 is 5.29. The topological polar surface area (TPSA) is 29.3 Å². The normalized spacial score (nSPS) is 11.6. The SMILES string of the molecule is CC(C)CN(CCN)Cc1ccc(Br)s1. The Bertz CT molecular complexity index is 286. The van der Waals surface area contributed by atoms with Crippen LogP contribution in [0.3, 0.4) is 0 Å². The second-order valence-corrected chi connectivity index (χ2v) is 6.67. The van der Waals surface area contributed by atoms with Gasteiger partial charge in [0.25, 0.3) is 0 Å². The largest absolute Gasteiger partial charge is 0.329 e. The maximum atomic E-state index is 5.62. The summed E-state index contributed by atoms with van der Waals surface area (Å²) in [5.74, 6) is 0.694. The Balaban J connectivity index is 2.50. The number of halogens is 1. The number of rotatable bonds is 6. The molecule has 0 bridgehead atoms. The van der Waals surface area contributed by atoms with Crippen LogP contribution in [0, 0.1) is 5.92 Å². The van der Waals surface area contributed by atoms with E-state index in [1.165, 1.54) is 8.66 Å². The van der Waals surface area contributed by atoms with Crippen LogP contribution in [-0.4, -0.2) is 24.5 Å². The van der Waals surface area contributed by atoms with E-state index in [-0.39, 0.29) is 0 Å². The maximum absolute atomic E-state index is 5.62. The van der Waals surface area contributed by atoms with Crippen LogP contribution in [-0.2, 0) is 6.54 Å². The van der Waals surface area contributed by atoms with Gasteiger partial charge in [0, 0.05) is 31.1 Å². The van der Waals surface area contributed by atoms with Crippen molar-refractivity contribution in [3.8, 4) is 0 Å². The summed E-state index contributed by atoms with van der Waals surface area (Å²) in [5, 5.41) is 0. The smallest absolute Gasteiger partial charge is 0.0701 e. The fourth-order valence-electron chi connectivity index (χ4n) is 1.59. The average molecular weight is 291 g/mol. The van der Waals surface area contributed by atoms with Crippen LogP contribution in [0.25, 0.3) is 0 Å². The van der Waals surface area contributed by atoms with Gasteiger partial charge in [-0.15, -0.1) is 11.3 Å². The number of nitrogens with zero attached hydrogens (tertiary/aromatic N) is 1. The zero-order valence-corrected chi connectivity index (χ0v) is 11.8. The quantitative estimate of drug-likeness (QED) is 0.873. The van der Waals surface area contributed by atoms with Crippen LogP contribution < -0.4 is 5.73 Å². The third-order valence-corrected chi connectivity index (χ3v) is 3.69. The van der Waals surface area contributed by atoms with E-state index in [0.717, 1.165) is 26.2 Å². The highest BCUT2D eigenvalue weighted by Gasteiger charge is 2.08. The molecule has 0 unspecified atom stereocenters. The van der Waals surface area contributed by atoms with E-state index < -0.39 is 0 Å². The first-order valence-electron chi connectivity index (χ1n) is 5.28. The fraction of sp³-hybridized carbons (Fsp3) is 0.636. The molecule has 0 aliphatic rings.